The van der Waals surface area contributed by atoms with E-state index in [9.17, 15) is 9.59 Å². The van der Waals surface area contributed by atoms with Crippen LogP contribution in [-0.4, -0.2) is 27.4 Å². The SMILES string of the molecule is [2H]C([2H])([2H])c1cn([C@H]2C=C[C@@H](CO)O2)c(=O)[nH]c1=O. The Morgan fingerprint density at radius 1 is 1.62 bits per heavy atom. The standard InChI is InChI=1S/C10H12N2O4/c1-6-4-12(10(15)11-9(6)14)8-3-2-7(5-13)16-8/h2-4,7-8,13H,5H2,1H3,(H,11,14,15)/t7-,8+/m0/s1/i1D3. The fraction of sp³-hybridized carbons (Fsp3) is 0.400. The van der Waals surface area contributed by atoms with Crippen LogP contribution in [0.3, 0.4) is 0 Å². The third kappa shape index (κ3) is 1.84. The maximum Gasteiger partial charge on any atom is 0.330 e. The molecule has 2 N–H and O–H groups in total. The van der Waals surface area contributed by atoms with Crippen molar-refractivity contribution in [3.63, 3.8) is 0 Å². The number of aryl methyl sites for hydroxylation is 1. The van der Waals surface area contributed by atoms with E-state index >= 15 is 0 Å². The van der Waals surface area contributed by atoms with Gasteiger partial charge in [0.2, 0.25) is 0 Å². The maximum absolute atomic E-state index is 11.6. The molecule has 1 aliphatic rings. The molecule has 2 rings (SSSR count). The van der Waals surface area contributed by atoms with E-state index in [-0.39, 0.29) is 6.61 Å². The summed E-state index contributed by atoms with van der Waals surface area (Å²) in [5.41, 5.74) is -2.20. The van der Waals surface area contributed by atoms with Crippen LogP contribution < -0.4 is 11.2 Å². The van der Waals surface area contributed by atoms with Gasteiger partial charge in [0, 0.05) is 15.9 Å². The van der Waals surface area contributed by atoms with Crippen molar-refractivity contribution in [3.8, 4) is 0 Å². The van der Waals surface area contributed by atoms with E-state index in [2.05, 4.69) is 0 Å². The third-order valence-corrected chi connectivity index (χ3v) is 2.23. The molecule has 0 saturated carbocycles. The van der Waals surface area contributed by atoms with E-state index in [0.29, 0.717) is 0 Å². The normalized spacial score (nSPS) is 27.4. The summed E-state index contributed by atoms with van der Waals surface area (Å²) in [6.45, 7) is -2.88. The Morgan fingerprint density at radius 2 is 2.44 bits per heavy atom. The number of rotatable bonds is 2. The van der Waals surface area contributed by atoms with Gasteiger partial charge in [-0.05, 0) is 12.9 Å². The van der Waals surface area contributed by atoms with Crippen LogP contribution in [0.5, 0.6) is 0 Å². The fourth-order valence-electron chi connectivity index (χ4n) is 1.43. The second-order valence-corrected chi connectivity index (χ2v) is 3.34. The van der Waals surface area contributed by atoms with Crippen molar-refractivity contribution < 1.29 is 14.0 Å². The molecule has 0 radical (unpaired) electrons. The minimum Gasteiger partial charge on any atom is -0.393 e. The average molecular weight is 227 g/mol. The topological polar surface area (TPSA) is 84.3 Å². The van der Waals surface area contributed by atoms with Crippen LogP contribution in [0.15, 0.2) is 27.9 Å². The van der Waals surface area contributed by atoms with Gasteiger partial charge in [-0.2, -0.15) is 0 Å². The van der Waals surface area contributed by atoms with Crippen molar-refractivity contribution in [2.24, 2.45) is 0 Å². The Bertz CT molecular complexity index is 616. The fourth-order valence-corrected chi connectivity index (χ4v) is 1.43. The summed E-state index contributed by atoms with van der Waals surface area (Å²) in [4.78, 5) is 25.0. The lowest BCUT2D eigenvalue weighted by molar-refractivity contribution is -0.0104. The Hall–Kier alpha value is -1.66. The molecule has 1 aliphatic heterocycles. The summed E-state index contributed by atoms with van der Waals surface area (Å²) in [5, 5.41) is 8.92. The molecule has 6 heteroatoms. The molecule has 0 aromatic carbocycles. The molecule has 2 heterocycles. The molecular formula is C10H12N2O4. The van der Waals surface area contributed by atoms with Gasteiger partial charge in [-0.25, -0.2) is 4.79 Å². The molecule has 0 fully saturated rings. The Balaban J connectivity index is 2.46. The number of nitrogens with one attached hydrogen (secondary N) is 1. The minimum atomic E-state index is -2.62. The van der Waals surface area contributed by atoms with Crippen molar-refractivity contribution in [2.75, 3.05) is 6.61 Å². The zero-order valence-corrected chi connectivity index (χ0v) is 8.21. The highest BCUT2D eigenvalue weighted by Crippen LogP contribution is 2.18. The summed E-state index contributed by atoms with van der Waals surface area (Å²) in [6.07, 6.45) is 2.62. The average Bonchev–Trinajstić information content (AvgIpc) is 2.75. The highest BCUT2D eigenvalue weighted by atomic mass is 16.5. The lowest BCUT2D eigenvalue weighted by Crippen LogP contribution is -2.33. The summed E-state index contributed by atoms with van der Waals surface area (Å²) < 4.78 is 27.9. The summed E-state index contributed by atoms with van der Waals surface area (Å²) in [6, 6.07) is 0. The van der Waals surface area contributed by atoms with Gasteiger partial charge in [0.25, 0.3) is 5.56 Å². The van der Waals surface area contributed by atoms with Crippen molar-refractivity contribution in [2.45, 2.75) is 19.2 Å². The number of aliphatic hydroxyl groups is 1. The molecular weight excluding hydrogens is 212 g/mol. The lowest BCUT2D eigenvalue weighted by atomic mass is 10.3. The van der Waals surface area contributed by atoms with Crippen LogP contribution in [0.25, 0.3) is 0 Å². The first-order valence-electron chi connectivity index (χ1n) is 6.13. The van der Waals surface area contributed by atoms with Gasteiger partial charge in [-0.15, -0.1) is 0 Å². The molecule has 0 saturated heterocycles. The molecule has 1 aromatic rings. The van der Waals surface area contributed by atoms with E-state index in [0.717, 1.165) is 10.8 Å². The first-order valence-corrected chi connectivity index (χ1v) is 4.63. The van der Waals surface area contributed by atoms with Crippen LogP contribution >= 0.6 is 0 Å². The predicted octanol–water partition coefficient (Wildman–Crippen LogP) is -0.709. The van der Waals surface area contributed by atoms with E-state index in [1.807, 2.05) is 4.98 Å². The van der Waals surface area contributed by atoms with Crippen LogP contribution in [0, 0.1) is 6.85 Å². The Labute approximate surface area is 95.0 Å². The van der Waals surface area contributed by atoms with Gasteiger partial charge in [0.05, 0.1) is 6.61 Å². The van der Waals surface area contributed by atoms with Crippen LogP contribution in [0.1, 0.15) is 15.9 Å². The van der Waals surface area contributed by atoms with Gasteiger partial charge >= 0.3 is 5.69 Å². The number of ether oxygens (including phenoxy) is 1. The predicted molar refractivity (Wildman–Crippen MR) is 56.2 cm³/mol. The van der Waals surface area contributed by atoms with Gasteiger partial charge in [-0.3, -0.25) is 14.3 Å². The highest BCUT2D eigenvalue weighted by Gasteiger charge is 2.20. The van der Waals surface area contributed by atoms with Crippen LogP contribution in [0.2, 0.25) is 0 Å². The molecule has 2 atom stereocenters. The number of nitrogens with zero attached hydrogens (tertiary/aromatic N) is 1. The summed E-state index contributed by atoms with van der Waals surface area (Å²) in [7, 11) is 0. The summed E-state index contributed by atoms with van der Waals surface area (Å²) in [5.74, 6) is 0. The quantitative estimate of drug-likeness (QED) is 0.654. The Kier molecular flexibility index (Phi) is 1.93. The van der Waals surface area contributed by atoms with Gasteiger partial charge in [0.1, 0.15) is 6.10 Å². The molecule has 1 aromatic heterocycles. The maximum atomic E-state index is 11.6. The zero-order valence-electron chi connectivity index (χ0n) is 11.2. The first kappa shape index (κ1) is 7.59. The van der Waals surface area contributed by atoms with Crippen molar-refractivity contribution in [1.29, 1.82) is 0 Å². The highest BCUT2D eigenvalue weighted by molar-refractivity contribution is 5.06. The monoisotopic (exact) mass is 227 g/mol. The number of aromatic nitrogens is 2. The van der Waals surface area contributed by atoms with E-state index in [1.54, 1.807) is 6.08 Å². The number of aromatic amines is 1. The minimum absolute atomic E-state index is 0.253. The molecule has 0 amide bonds. The number of hydrogen-bond donors (Lipinski definition) is 2. The van der Waals surface area contributed by atoms with E-state index in [1.165, 1.54) is 6.08 Å². The van der Waals surface area contributed by atoms with Gasteiger partial charge in [-0.1, -0.05) is 6.08 Å². The molecule has 86 valence electrons. The van der Waals surface area contributed by atoms with Crippen molar-refractivity contribution in [3.05, 3.63) is 44.8 Å². The van der Waals surface area contributed by atoms with Gasteiger partial charge in [0.15, 0.2) is 6.23 Å². The van der Waals surface area contributed by atoms with Crippen molar-refractivity contribution >= 4 is 0 Å². The number of hydrogen-bond acceptors (Lipinski definition) is 4. The van der Waals surface area contributed by atoms with Crippen LogP contribution in [-0.2, 0) is 4.74 Å². The lowest BCUT2D eigenvalue weighted by Gasteiger charge is -2.14. The largest absolute Gasteiger partial charge is 0.393 e. The Morgan fingerprint density at radius 3 is 3.06 bits per heavy atom. The molecule has 6 nitrogen and oxygen atoms in total. The first-order chi connectivity index (χ1) is 8.82. The molecule has 0 spiro atoms. The second kappa shape index (κ2) is 4.07. The van der Waals surface area contributed by atoms with Crippen molar-refractivity contribution in [1.82, 2.24) is 9.55 Å². The summed E-state index contributed by atoms with van der Waals surface area (Å²) >= 11 is 0. The molecule has 16 heavy (non-hydrogen) atoms. The number of H-pyrrole nitrogens is 1. The van der Waals surface area contributed by atoms with Gasteiger partial charge < -0.3 is 9.84 Å². The smallest absolute Gasteiger partial charge is 0.330 e. The van der Waals surface area contributed by atoms with E-state index in [4.69, 9.17) is 14.0 Å². The molecule has 0 bridgehead atoms. The molecule has 0 aliphatic carbocycles. The number of aliphatic hydroxyl groups excluding tert-OH is 1. The molecule has 0 unspecified atom stereocenters. The zero-order chi connectivity index (χ0) is 14.2. The van der Waals surface area contributed by atoms with Crippen LogP contribution in [0.4, 0.5) is 0 Å². The third-order valence-electron chi connectivity index (χ3n) is 2.23. The second-order valence-electron chi connectivity index (χ2n) is 3.34. The van der Waals surface area contributed by atoms with E-state index < -0.39 is 36.0 Å².